The van der Waals surface area contributed by atoms with E-state index in [4.69, 9.17) is 10.2 Å². The van der Waals surface area contributed by atoms with Crippen molar-refractivity contribution in [1.82, 2.24) is 0 Å². The molecule has 3 atom stereocenters. The molecule has 2 N–H and O–H groups in total. The molecule has 0 rings (SSSR count). The van der Waals surface area contributed by atoms with E-state index >= 15 is 0 Å². The summed E-state index contributed by atoms with van der Waals surface area (Å²) >= 11 is 1.49. The fraction of sp³-hybridized carbons (Fsp3) is 0.875. The molecule has 0 aliphatic heterocycles. The number of hydrogen-bond acceptors (Lipinski definition) is 3. The van der Waals surface area contributed by atoms with Gasteiger partial charge in [-0.1, -0.05) is 13.8 Å². The first-order valence-corrected chi connectivity index (χ1v) is 5.02. The van der Waals surface area contributed by atoms with Crippen molar-refractivity contribution in [2.24, 2.45) is 5.92 Å². The van der Waals surface area contributed by atoms with E-state index < -0.39 is 5.97 Å². The van der Waals surface area contributed by atoms with Crippen molar-refractivity contribution in [3.8, 4) is 0 Å². The van der Waals surface area contributed by atoms with Gasteiger partial charge in [0.1, 0.15) is 0 Å². The number of carbonyl (C=O) groups is 1. The quantitative estimate of drug-likeness (QED) is 0.687. The number of aliphatic hydroxyl groups excluding tert-OH is 1. The van der Waals surface area contributed by atoms with Gasteiger partial charge in [0, 0.05) is 11.0 Å². The molecule has 0 aromatic carbocycles. The third-order valence-corrected chi connectivity index (χ3v) is 3.32. The number of carboxylic acid groups (broad SMARTS) is 1. The van der Waals surface area contributed by atoms with E-state index in [0.717, 1.165) is 0 Å². The normalized spacial score (nSPS) is 18.3. The van der Waals surface area contributed by atoms with Gasteiger partial charge in [-0.15, -0.1) is 0 Å². The van der Waals surface area contributed by atoms with Crippen LogP contribution in [-0.2, 0) is 4.79 Å². The van der Waals surface area contributed by atoms with Crippen molar-refractivity contribution < 1.29 is 15.0 Å². The molecule has 3 nitrogen and oxygen atoms in total. The number of aliphatic carboxylic acids is 1. The van der Waals surface area contributed by atoms with Crippen molar-refractivity contribution in [3.63, 3.8) is 0 Å². The highest BCUT2D eigenvalue weighted by molar-refractivity contribution is 7.99. The van der Waals surface area contributed by atoms with Crippen LogP contribution in [-0.4, -0.2) is 33.3 Å². The highest BCUT2D eigenvalue weighted by atomic mass is 32.2. The van der Waals surface area contributed by atoms with Crippen LogP contribution in [0, 0.1) is 5.92 Å². The van der Waals surface area contributed by atoms with Crippen LogP contribution in [0.25, 0.3) is 0 Å². The summed E-state index contributed by atoms with van der Waals surface area (Å²) in [5.41, 5.74) is 0. The number of thioether (sulfide) groups is 1. The molecule has 0 fully saturated rings. The maximum Gasteiger partial charge on any atom is 0.307 e. The summed E-state index contributed by atoms with van der Waals surface area (Å²) in [5, 5.41) is 17.8. The maximum atomic E-state index is 10.4. The number of rotatable bonds is 5. The lowest BCUT2D eigenvalue weighted by Gasteiger charge is -2.15. The largest absolute Gasteiger partial charge is 0.481 e. The van der Waals surface area contributed by atoms with Crippen LogP contribution in [0.1, 0.15) is 20.8 Å². The van der Waals surface area contributed by atoms with Gasteiger partial charge in [0.05, 0.1) is 12.0 Å². The smallest absolute Gasteiger partial charge is 0.307 e. The van der Waals surface area contributed by atoms with Gasteiger partial charge in [0.25, 0.3) is 0 Å². The van der Waals surface area contributed by atoms with Crippen molar-refractivity contribution >= 4 is 17.7 Å². The average Bonchev–Trinajstić information content (AvgIpc) is 1.98. The minimum absolute atomic E-state index is 0.104. The van der Waals surface area contributed by atoms with Crippen molar-refractivity contribution in [2.75, 3.05) is 5.75 Å². The number of aliphatic hydroxyl groups is 1. The third-order valence-electron chi connectivity index (χ3n) is 1.71. The summed E-state index contributed by atoms with van der Waals surface area (Å²) in [5.74, 6) is -0.557. The molecule has 4 heteroatoms. The van der Waals surface area contributed by atoms with Gasteiger partial charge in [-0.05, 0) is 6.92 Å². The fourth-order valence-corrected chi connectivity index (χ4v) is 1.52. The molecule has 0 radical (unpaired) electrons. The maximum absolute atomic E-state index is 10.4. The standard InChI is InChI=1S/C8H16O3S/c1-5(8(10)11)4-12-7(3)6(2)9/h5-7,9H,4H2,1-3H3,(H,10,11). The van der Waals surface area contributed by atoms with Crippen LogP contribution < -0.4 is 0 Å². The summed E-state index contributed by atoms with van der Waals surface area (Å²) in [6.45, 7) is 5.27. The Balaban J connectivity index is 3.61. The van der Waals surface area contributed by atoms with Crippen molar-refractivity contribution in [3.05, 3.63) is 0 Å². The van der Waals surface area contributed by atoms with Crippen LogP contribution in [0.5, 0.6) is 0 Å². The minimum Gasteiger partial charge on any atom is -0.481 e. The van der Waals surface area contributed by atoms with Gasteiger partial charge in [-0.3, -0.25) is 4.79 Å². The Morgan fingerprint density at radius 2 is 1.92 bits per heavy atom. The van der Waals surface area contributed by atoms with Crippen LogP contribution in [0.3, 0.4) is 0 Å². The van der Waals surface area contributed by atoms with Gasteiger partial charge in [-0.2, -0.15) is 11.8 Å². The minimum atomic E-state index is -0.778. The van der Waals surface area contributed by atoms with Crippen LogP contribution in [0.2, 0.25) is 0 Å². The van der Waals surface area contributed by atoms with E-state index in [1.54, 1.807) is 13.8 Å². The van der Waals surface area contributed by atoms with E-state index in [1.807, 2.05) is 6.92 Å². The van der Waals surface area contributed by atoms with E-state index in [0.29, 0.717) is 5.75 Å². The fourth-order valence-electron chi connectivity index (χ4n) is 0.507. The lowest BCUT2D eigenvalue weighted by molar-refractivity contribution is -0.140. The summed E-state index contributed by atoms with van der Waals surface area (Å²) in [4.78, 5) is 10.4. The van der Waals surface area contributed by atoms with Crippen LogP contribution >= 0.6 is 11.8 Å². The van der Waals surface area contributed by atoms with Gasteiger partial charge in [0.15, 0.2) is 0 Å². The molecule has 0 bridgehead atoms. The Morgan fingerprint density at radius 1 is 1.42 bits per heavy atom. The number of hydrogen-bond donors (Lipinski definition) is 2. The third kappa shape index (κ3) is 4.62. The van der Waals surface area contributed by atoms with Gasteiger partial charge in [-0.25, -0.2) is 0 Å². The van der Waals surface area contributed by atoms with E-state index in [-0.39, 0.29) is 17.3 Å². The second-order valence-electron chi connectivity index (χ2n) is 3.02. The first kappa shape index (κ1) is 11.8. The molecule has 0 amide bonds. The highest BCUT2D eigenvalue weighted by Gasteiger charge is 2.15. The highest BCUT2D eigenvalue weighted by Crippen LogP contribution is 2.17. The van der Waals surface area contributed by atoms with E-state index in [9.17, 15) is 4.79 Å². The zero-order chi connectivity index (χ0) is 9.72. The molecule has 0 saturated carbocycles. The Morgan fingerprint density at radius 3 is 2.25 bits per heavy atom. The number of carboxylic acids is 1. The molecule has 0 heterocycles. The first-order chi connectivity index (χ1) is 5.45. The summed E-state index contributed by atoms with van der Waals surface area (Å²) < 4.78 is 0. The summed E-state index contributed by atoms with van der Waals surface area (Å²) in [6.07, 6.45) is -0.379. The second kappa shape index (κ2) is 5.43. The lowest BCUT2D eigenvalue weighted by Crippen LogP contribution is -2.19. The van der Waals surface area contributed by atoms with Gasteiger partial charge >= 0.3 is 5.97 Å². The zero-order valence-corrected chi connectivity index (χ0v) is 8.47. The lowest BCUT2D eigenvalue weighted by atomic mass is 10.2. The van der Waals surface area contributed by atoms with Crippen LogP contribution in [0.15, 0.2) is 0 Å². The Hall–Kier alpha value is -0.220. The van der Waals surface area contributed by atoms with Gasteiger partial charge < -0.3 is 10.2 Å². The molecule has 0 aliphatic carbocycles. The molecular formula is C8H16O3S. The molecule has 0 aliphatic rings. The first-order valence-electron chi connectivity index (χ1n) is 3.97. The molecule has 0 spiro atoms. The Kier molecular flexibility index (Phi) is 5.33. The molecule has 12 heavy (non-hydrogen) atoms. The molecule has 0 aromatic heterocycles. The average molecular weight is 192 g/mol. The summed E-state index contributed by atoms with van der Waals surface area (Å²) in [6, 6.07) is 0. The van der Waals surface area contributed by atoms with E-state index in [1.165, 1.54) is 11.8 Å². The predicted octanol–water partition coefficient (Wildman–Crippen LogP) is 1.21. The zero-order valence-electron chi connectivity index (χ0n) is 7.65. The van der Waals surface area contributed by atoms with Crippen molar-refractivity contribution in [1.29, 1.82) is 0 Å². The molecule has 0 saturated heterocycles. The van der Waals surface area contributed by atoms with E-state index in [2.05, 4.69) is 0 Å². The molecule has 72 valence electrons. The molecule has 0 aromatic rings. The summed E-state index contributed by atoms with van der Waals surface area (Å²) in [7, 11) is 0. The van der Waals surface area contributed by atoms with Crippen LogP contribution in [0.4, 0.5) is 0 Å². The Bertz CT molecular complexity index is 147. The van der Waals surface area contributed by atoms with Crippen molar-refractivity contribution in [2.45, 2.75) is 32.1 Å². The molecule has 3 unspecified atom stereocenters. The van der Waals surface area contributed by atoms with Gasteiger partial charge in [0.2, 0.25) is 0 Å². The molecular weight excluding hydrogens is 176 g/mol. The predicted molar refractivity (Wildman–Crippen MR) is 50.4 cm³/mol. The Labute approximate surface area is 77.2 Å². The monoisotopic (exact) mass is 192 g/mol. The SMILES string of the molecule is CC(CSC(C)C(C)O)C(=O)O. The second-order valence-corrected chi connectivity index (χ2v) is 4.43. The topological polar surface area (TPSA) is 57.5 Å².